The van der Waals surface area contributed by atoms with Crippen LogP contribution in [0.2, 0.25) is 0 Å². The summed E-state index contributed by atoms with van der Waals surface area (Å²) >= 11 is 1.57. The SMILES string of the molecule is O=[P+](Cc1ccc(Cc2ccccc2)cc1)c1cccs1. The van der Waals surface area contributed by atoms with Crippen molar-refractivity contribution in [2.75, 3.05) is 0 Å². The molecular formula is C18H16OPS+. The highest BCUT2D eigenvalue weighted by Crippen LogP contribution is 2.28. The number of rotatable bonds is 5. The maximum atomic E-state index is 12.2. The molecule has 1 nitrogen and oxygen atoms in total. The molecule has 0 spiro atoms. The monoisotopic (exact) mass is 311 g/mol. The predicted octanol–water partition coefficient (Wildman–Crippen LogP) is 4.99. The molecule has 1 aromatic heterocycles. The van der Waals surface area contributed by atoms with E-state index < -0.39 is 7.80 Å². The van der Waals surface area contributed by atoms with Gasteiger partial charge in [0.05, 0.1) is 0 Å². The van der Waals surface area contributed by atoms with Gasteiger partial charge in [-0.05, 0) is 29.0 Å². The molecule has 1 atom stereocenters. The van der Waals surface area contributed by atoms with E-state index in [1.54, 1.807) is 11.3 Å². The van der Waals surface area contributed by atoms with E-state index in [1.807, 2.05) is 23.6 Å². The molecule has 0 aliphatic heterocycles. The Bertz CT molecular complexity index is 703. The van der Waals surface area contributed by atoms with E-state index in [2.05, 4.69) is 48.5 Å². The predicted molar refractivity (Wildman–Crippen MR) is 91.0 cm³/mol. The Morgan fingerprint density at radius 1 is 0.762 bits per heavy atom. The summed E-state index contributed by atoms with van der Waals surface area (Å²) < 4.78 is 13.2. The van der Waals surface area contributed by atoms with Crippen LogP contribution in [-0.2, 0) is 17.1 Å². The molecule has 3 heteroatoms. The highest BCUT2D eigenvalue weighted by atomic mass is 32.1. The zero-order chi connectivity index (χ0) is 14.5. The minimum absolute atomic E-state index is 0.626. The van der Waals surface area contributed by atoms with Crippen LogP contribution in [0.4, 0.5) is 0 Å². The van der Waals surface area contributed by atoms with Crippen molar-refractivity contribution in [3.05, 3.63) is 88.8 Å². The summed E-state index contributed by atoms with van der Waals surface area (Å²) in [5, 5.41) is 1.98. The molecule has 0 aliphatic carbocycles. The first kappa shape index (κ1) is 14.2. The van der Waals surface area contributed by atoms with Gasteiger partial charge in [0.2, 0.25) is 4.62 Å². The topological polar surface area (TPSA) is 17.1 Å². The third-order valence-electron chi connectivity index (χ3n) is 3.35. The van der Waals surface area contributed by atoms with Crippen molar-refractivity contribution in [2.45, 2.75) is 12.6 Å². The first-order valence-corrected chi connectivity index (χ1v) is 9.23. The molecule has 0 N–H and O–H groups in total. The van der Waals surface area contributed by atoms with Crippen LogP contribution in [-0.4, -0.2) is 0 Å². The van der Waals surface area contributed by atoms with Gasteiger partial charge in [0, 0.05) is 11.6 Å². The lowest BCUT2D eigenvalue weighted by atomic mass is 10.0. The average Bonchev–Trinajstić information content (AvgIpc) is 3.05. The molecule has 0 bridgehead atoms. The second-order valence-corrected chi connectivity index (χ2v) is 7.77. The fourth-order valence-corrected chi connectivity index (χ4v) is 4.50. The maximum absolute atomic E-state index is 12.2. The zero-order valence-electron chi connectivity index (χ0n) is 11.6. The summed E-state index contributed by atoms with van der Waals surface area (Å²) in [5.41, 5.74) is 3.74. The van der Waals surface area contributed by atoms with Gasteiger partial charge in [-0.2, -0.15) is 0 Å². The van der Waals surface area contributed by atoms with Crippen LogP contribution >= 0.6 is 19.1 Å². The van der Waals surface area contributed by atoms with Gasteiger partial charge in [-0.15, -0.1) is 0 Å². The summed E-state index contributed by atoms with van der Waals surface area (Å²) in [4.78, 5) is 0. The lowest BCUT2D eigenvalue weighted by Crippen LogP contribution is -1.92. The molecule has 0 saturated heterocycles. The number of benzene rings is 2. The van der Waals surface area contributed by atoms with Crippen molar-refractivity contribution < 1.29 is 4.57 Å². The summed E-state index contributed by atoms with van der Waals surface area (Å²) in [6.07, 6.45) is 1.57. The van der Waals surface area contributed by atoms with Gasteiger partial charge in [0.25, 0.3) is 0 Å². The molecule has 0 saturated carbocycles. The number of thiophene rings is 1. The molecule has 3 rings (SSSR count). The highest BCUT2D eigenvalue weighted by Gasteiger charge is 2.20. The summed E-state index contributed by atoms with van der Waals surface area (Å²) in [6, 6.07) is 22.8. The molecule has 21 heavy (non-hydrogen) atoms. The van der Waals surface area contributed by atoms with Crippen LogP contribution in [0.1, 0.15) is 16.7 Å². The van der Waals surface area contributed by atoms with E-state index in [-0.39, 0.29) is 0 Å². The fraction of sp³-hybridized carbons (Fsp3) is 0.111. The Kier molecular flexibility index (Phi) is 4.59. The van der Waals surface area contributed by atoms with Gasteiger partial charge in [0.1, 0.15) is 0 Å². The largest absolute Gasteiger partial charge is 0.392 e. The van der Waals surface area contributed by atoms with Gasteiger partial charge in [-0.3, -0.25) is 0 Å². The van der Waals surface area contributed by atoms with Gasteiger partial charge >= 0.3 is 7.80 Å². The minimum Gasteiger partial charge on any atom is -0.0966 e. The second kappa shape index (κ2) is 6.80. The Labute approximate surface area is 130 Å². The smallest absolute Gasteiger partial charge is 0.0966 e. The summed E-state index contributed by atoms with van der Waals surface area (Å²) in [7, 11) is -1.30. The fourth-order valence-electron chi connectivity index (χ4n) is 2.25. The Hall–Kier alpha value is -1.76. The summed E-state index contributed by atoms with van der Waals surface area (Å²) in [5.74, 6) is 0. The van der Waals surface area contributed by atoms with E-state index >= 15 is 0 Å². The van der Waals surface area contributed by atoms with Crippen LogP contribution in [0.3, 0.4) is 0 Å². The van der Waals surface area contributed by atoms with Crippen molar-refractivity contribution in [1.29, 1.82) is 0 Å². The summed E-state index contributed by atoms with van der Waals surface area (Å²) in [6.45, 7) is 0. The first-order valence-electron chi connectivity index (χ1n) is 6.91. The quantitative estimate of drug-likeness (QED) is 0.607. The molecular weight excluding hydrogens is 295 g/mol. The third kappa shape index (κ3) is 3.87. The van der Waals surface area contributed by atoms with E-state index in [0.717, 1.165) is 16.6 Å². The van der Waals surface area contributed by atoms with Crippen LogP contribution in [0.15, 0.2) is 72.1 Å². The van der Waals surface area contributed by atoms with Gasteiger partial charge in [-0.1, -0.05) is 70.5 Å². The second-order valence-electron chi connectivity index (χ2n) is 4.97. The lowest BCUT2D eigenvalue weighted by Gasteiger charge is -2.02. The van der Waals surface area contributed by atoms with E-state index in [9.17, 15) is 4.57 Å². The standard InChI is InChI=1S/C18H16OPS/c19-20(18-7-4-12-21-18)14-17-10-8-16(9-11-17)13-15-5-2-1-3-6-15/h1-12H,13-14H2/q+1. The van der Waals surface area contributed by atoms with E-state index in [4.69, 9.17) is 0 Å². The third-order valence-corrected chi connectivity index (χ3v) is 6.24. The molecule has 0 amide bonds. The molecule has 2 aromatic carbocycles. The molecule has 0 fully saturated rings. The first-order chi connectivity index (χ1) is 10.3. The maximum Gasteiger partial charge on any atom is 0.392 e. The number of hydrogen-bond donors (Lipinski definition) is 0. The van der Waals surface area contributed by atoms with Crippen LogP contribution in [0, 0.1) is 0 Å². The molecule has 1 unspecified atom stereocenters. The lowest BCUT2D eigenvalue weighted by molar-refractivity contribution is 0.593. The number of hydrogen-bond acceptors (Lipinski definition) is 2. The van der Waals surface area contributed by atoms with Crippen molar-refractivity contribution in [1.82, 2.24) is 0 Å². The van der Waals surface area contributed by atoms with Crippen LogP contribution in [0.25, 0.3) is 0 Å². The Balaban J connectivity index is 1.65. The van der Waals surface area contributed by atoms with E-state index in [1.165, 1.54) is 11.1 Å². The van der Waals surface area contributed by atoms with Crippen molar-refractivity contribution in [2.24, 2.45) is 0 Å². The molecule has 0 radical (unpaired) electrons. The average molecular weight is 311 g/mol. The minimum atomic E-state index is -1.30. The normalized spacial score (nSPS) is 11.3. The highest BCUT2D eigenvalue weighted by molar-refractivity contribution is 7.60. The molecule has 104 valence electrons. The van der Waals surface area contributed by atoms with Gasteiger partial charge in [-0.25, -0.2) is 0 Å². The van der Waals surface area contributed by atoms with Crippen LogP contribution < -0.4 is 4.62 Å². The van der Waals surface area contributed by atoms with Gasteiger partial charge < -0.3 is 0 Å². The van der Waals surface area contributed by atoms with E-state index in [0.29, 0.717) is 6.16 Å². The van der Waals surface area contributed by atoms with Crippen molar-refractivity contribution in [3.63, 3.8) is 0 Å². The van der Waals surface area contributed by atoms with Crippen LogP contribution in [0.5, 0.6) is 0 Å². The van der Waals surface area contributed by atoms with Crippen molar-refractivity contribution in [3.8, 4) is 0 Å². The Morgan fingerprint density at radius 2 is 1.43 bits per heavy atom. The molecule has 1 heterocycles. The molecule has 3 aromatic rings. The Morgan fingerprint density at radius 3 is 2.10 bits per heavy atom. The molecule has 0 aliphatic rings. The van der Waals surface area contributed by atoms with Crippen molar-refractivity contribution >= 4 is 23.8 Å². The zero-order valence-corrected chi connectivity index (χ0v) is 13.3. The van der Waals surface area contributed by atoms with Gasteiger partial charge in [0.15, 0.2) is 6.16 Å².